The van der Waals surface area contributed by atoms with E-state index in [1.807, 2.05) is 53.4 Å². The Labute approximate surface area is 147 Å². The van der Waals surface area contributed by atoms with Crippen LogP contribution in [-0.2, 0) is 22.4 Å². The highest BCUT2D eigenvalue weighted by Gasteiger charge is 2.48. The number of methoxy groups -OCH3 is 1. The molecule has 128 valence electrons. The van der Waals surface area contributed by atoms with Gasteiger partial charge in [0.15, 0.2) is 0 Å². The van der Waals surface area contributed by atoms with E-state index in [9.17, 15) is 9.59 Å². The van der Waals surface area contributed by atoms with Gasteiger partial charge >= 0.3 is 5.97 Å². The van der Waals surface area contributed by atoms with Crippen LogP contribution in [-0.4, -0.2) is 25.5 Å². The molecule has 0 bridgehead atoms. The smallest absolute Gasteiger partial charge is 0.337 e. The number of hydrogen-bond donors (Lipinski definition) is 0. The average Bonchev–Trinajstić information content (AvgIpc) is 2.97. The third kappa shape index (κ3) is 2.62. The Morgan fingerprint density at radius 2 is 1.88 bits per heavy atom. The molecule has 0 saturated carbocycles. The lowest BCUT2D eigenvalue weighted by Crippen LogP contribution is -2.38. The predicted octanol–water partition coefficient (Wildman–Crippen LogP) is 3.39. The van der Waals surface area contributed by atoms with Gasteiger partial charge in [-0.25, -0.2) is 4.79 Å². The van der Waals surface area contributed by atoms with Crippen molar-refractivity contribution in [2.24, 2.45) is 5.41 Å². The van der Waals surface area contributed by atoms with Crippen molar-refractivity contribution >= 4 is 17.6 Å². The van der Waals surface area contributed by atoms with Crippen molar-refractivity contribution in [1.82, 2.24) is 0 Å². The molecule has 0 radical (unpaired) electrons. The fourth-order valence-electron chi connectivity index (χ4n) is 4.18. The maximum Gasteiger partial charge on any atom is 0.337 e. The number of hydrogen-bond acceptors (Lipinski definition) is 3. The van der Waals surface area contributed by atoms with E-state index >= 15 is 0 Å². The number of amides is 1. The highest BCUT2D eigenvalue weighted by Crippen LogP contribution is 2.45. The van der Waals surface area contributed by atoms with Gasteiger partial charge in [0.1, 0.15) is 0 Å². The number of para-hydroxylation sites is 1. The number of carbonyl (C=O) groups excluding carboxylic acids is 2. The SMILES string of the molecule is COC(=O)c1ccc2c(c1)CC1(CC2)CCN(c2ccccc2)C1=O. The summed E-state index contributed by atoms with van der Waals surface area (Å²) in [4.78, 5) is 26.9. The summed E-state index contributed by atoms with van der Waals surface area (Å²) in [6.07, 6.45) is 3.32. The Morgan fingerprint density at radius 1 is 1.08 bits per heavy atom. The van der Waals surface area contributed by atoms with E-state index in [2.05, 4.69) is 0 Å². The molecule has 4 rings (SSSR count). The van der Waals surface area contributed by atoms with Gasteiger partial charge in [-0.2, -0.15) is 0 Å². The molecule has 4 nitrogen and oxygen atoms in total. The van der Waals surface area contributed by atoms with Gasteiger partial charge < -0.3 is 9.64 Å². The van der Waals surface area contributed by atoms with Gasteiger partial charge in [-0.1, -0.05) is 24.3 Å². The molecule has 0 N–H and O–H groups in total. The lowest BCUT2D eigenvalue weighted by atomic mass is 9.70. The summed E-state index contributed by atoms with van der Waals surface area (Å²) < 4.78 is 4.83. The Bertz CT molecular complexity index is 830. The van der Waals surface area contributed by atoms with Crippen molar-refractivity contribution in [1.29, 1.82) is 0 Å². The van der Waals surface area contributed by atoms with Gasteiger partial charge in [0.05, 0.1) is 18.1 Å². The molecule has 2 aliphatic rings. The third-order valence-electron chi connectivity index (χ3n) is 5.61. The highest BCUT2D eigenvalue weighted by atomic mass is 16.5. The second kappa shape index (κ2) is 6.03. The minimum Gasteiger partial charge on any atom is -0.465 e. The van der Waals surface area contributed by atoms with Crippen molar-refractivity contribution in [3.63, 3.8) is 0 Å². The quantitative estimate of drug-likeness (QED) is 0.791. The summed E-state index contributed by atoms with van der Waals surface area (Å²) in [5.74, 6) is -0.112. The van der Waals surface area contributed by atoms with Crippen LogP contribution in [0.4, 0.5) is 5.69 Å². The van der Waals surface area contributed by atoms with Crippen LogP contribution in [0.1, 0.15) is 34.3 Å². The molecular weight excluding hydrogens is 314 g/mol. The number of esters is 1. The second-order valence-electron chi connectivity index (χ2n) is 6.97. The molecule has 1 aliphatic carbocycles. The van der Waals surface area contributed by atoms with Gasteiger partial charge in [0.25, 0.3) is 0 Å². The van der Waals surface area contributed by atoms with Crippen molar-refractivity contribution in [2.75, 3.05) is 18.6 Å². The molecule has 1 atom stereocenters. The highest BCUT2D eigenvalue weighted by molar-refractivity contribution is 6.00. The number of anilines is 1. The number of aryl methyl sites for hydroxylation is 1. The first-order valence-corrected chi connectivity index (χ1v) is 8.70. The zero-order valence-corrected chi connectivity index (χ0v) is 14.3. The summed E-state index contributed by atoms with van der Waals surface area (Å²) in [6, 6.07) is 15.6. The molecular formula is C21H21NO3. The van der Waals surface area contributed by atoms with E-state index in [0.717, 1.165) is 37.1 Å². The fourth-order valence-corrected chi connectivity index (χ4v) is 4.18. The first-order valence-electron chi connectivity index (χ1n) is 8.70. The molecule has 1 unspecified atom stereocenters. The van der Waals surface area contributed by atoms with Gasteiger partial charge in [-0.3, -0.25) is 4.79 Å². The summed E-state index contributed by atoms with van der Waals surface area (Å²) >= 11 is 0. The van der Waals surface area contributed by atoms with E-state index in [1.165, 1.54) is 12.7 Å². The topological polar surface area (TPSA) is 46.6 Å². The number of rotatable bonds is 2. The molecule has 1 saturated heterocycles. The molecule has 2 aromatic carbocycles. The molecule has 1 amide bonds. The largest absolute Gasteiger partial charge is 0.465 e. The van der Waals surface area contributed by atoms with Crippen molar-refractivity contribution in [3.05, 3.63) is 65.2 Å². The van der Waals surface area contributed by atoms with E-state index in [1.54, 1.807) is 0 Å². The third-order valence-corrected chi connectivity index (χ3v) is 5.61. The summed E-state index contributed by atoms with van der Waals surface area (Å²) in [5, 5.41) is 0. The molecule has 25 heavy (non-hydrogen) atoms. The van der Waals surface area contributed by atoms with Crippen LogP contribution < -0.4 is 4.90 Å². The number of benzene rings is 2. The number of carbonyl (C=O) groups is 2. The number of ether oxygens (including phenoxy) is 1. The Morgan fingerprint density at radius 3 is 2.64 bits per heavy atom. The first kappa shape index (κ1) is 15.9. The number of nitrogens with zero attached hydrogens (tertiary/aromatic N) is 1. The molecule has 4 heteroatoms. The van der Waals surface area contributed by atoms with Gasteiger partial charge in [0.2, 0.25) is 5.91 Å². The van der Waals surface area contributed by atoms with Crippen LogP contribution in [0.25, 0.3) is 0 Å². The Balaban J connectivity index is 1.63. The first-order chi connectivity index (χ1) is 12.1. The number of fused-ring (bicyclic) bond motifs is 1. The maximum atomic E-state index is 13.2. The van der Waals surface area contributed by atoms with Crippen LogP contribution in [0.5, 0.6) is 0 Å². The lowest BCUT2D eigenvalue weighted by molar-refractivity contribution is -0.126. The predicted molar refractivity (Wildman–Crippen MR) is 95.7 cm³/mol. The normalized spacial score (nSPS) is 22.1. The molecule has 1 fully saturated rings. The Hall–Kier alpha value is -2.62. The van der Waals surface area contributed by atoms with Crippen LogP contribution >= 0.6 is 0 Å². The summed E-state index contributed by atoms with van der Waals surface area (Å²) in [7, 11) is 1.39. The molecule has 2 aromatic rings. The summed E-state index contributed by atoms with van der Waals surface area (Å²) in [6.45, 7) is 0.759. The summed E-state index contributed by atoms with van der Waals surface area (Å²) in [5.41, 5.74) is 3.54. The van der Waals surface area contributed by atoms with Crippen molar-refractivity contribution in [3.8, 4) is 0 Å². The molecule has 1 spiro atoms. The van der Waals surface area contributed by atoms with E-state index in [4.69, 9.17) is 4.74 Å². The van der Waals surface area contributed by atoms with Crippen LogP contribution in [0.3, 0.4) is 0 Å². The second-order valence-corrected chi connectivity index (χ2v) is 6.97. The lowest BCUT2D eigenvalue weighted by Gasteiger charge is -2.33. The van der Waals surface area contributed by atoms with Crippen LogP contribution in [0.2, 0.25) is 0 Å². The minimum absolute atomic E-state index is 0.216. The molecule has 1 heterocycles. The van der Waals surface area contributed by atoms with Gasteiger partial charge in [-0.15, -0.1) is 0 Å². The van der Waals surface area contributed by atoms with Crippen LogP contribution in [0, 0.1) is 5.41 Å². The molecule has 0 aromatic heterocycles. The monoisotopic (exact) mass is 335 g/mol. The van der Waals surface area contributed by atoms with Gasteiger partial charge in [-0.05, 0) is 61.1 Å². The zero-order valence-electron chi connectivity index (χ0n) is 14.3. The zero-order chi connectivity index (χ0) is 17.4. The van der Waals surface area contributed by atoms with Crippen molar-refractivity contribution < 1.29 is 14.3 Å². The minimum atomic E-state index is -0.336. The van der Waals surface area contributed by atoms with Gasteiger partial charge in [0, 0.05) is 12.2 Å². The van der Waals surface area contributed by atoms with Crippen molar-refractivity contribution in [2.45, 2.75) is 25.7 Å². The average molecular weight is 335 g/mol. The maximum absolute atomic E-state index is 13.2. The fraction of sp³-hybridized carbons (Fsp3) is 0.333. The molecule has 1 aliphatic heterocycles. The van der Waals surface area contributed by atoms with Crippen LogP contribution in [0.15, 0.2) is 48.5 Å². The Kier molecular flexibility index (Phi) is 3.83. The standard InChI is InChI=1S/C21H21NO3/c1-25-19(23)16-8-7-15-9-10-21(14-17(15)13-16)11-12-22(20(21)24)18-5-3-2-4-6-18/h2-8,13H,9-12,14H2,1H3. The van der Waals surface area contributed by atoms with E-state index in [-0.39, 0.29) is 17.3 Å². The van der Waals surface area contributed by atoms with E-state index < -0.39 is 0 Å². The van der Waals surface area contributed by atoms with E-state index in [0.29, 0.717) is 12.0 Å².